The molecule has 26 atom stereocenters. The molecule has 6 saturated heterocycles. The van der Waals surface area contributed by atoms with Crippen LogP contribution < -0.4 is 5.32 Å². The SMILES string of the molecule is COC(=O)[C@H]1O[C@@H](O[C@H]2[C@H](OS(=O)(=O)OC)[C@@H](OS(=O)(=O)OC)[C@@H](O[C@H]3[C@H](OC)[C@@H](OC)[C@H](O[C@H]4[C@H](OS(=O)(=O)OC)[C@@H](OS(=O)(=O)OC)[C@@H](OC)O[C@@H]4COS(=O)(=O)OC)O[C@H]3C(=O)OC)O[C@@H]2COS(=O)(=O)OC)[C@H](OC)[C@@H](OC)[C@@H]1O[C@H]1O[C@H](COS(=O)(=O)OC)[C@@H](OCCOCCOCCOCCNC(=O)CCCN2C(=O)CC(C)C2=O)[C@H](OC)[C@H]1OC. The van der Waals surface area contributed by atoms with Gasteiger partial charge in [-0.05, 0) is 6.42 Å². The van der Waals surface area contributed by atoms with Crippen molar-refractivity contribution in [1.29, 1.82) is 0 Å². The lowest BCUT2D eigenvalue weighted by Crippen LogP contribution is -2.70. The standard InChI is InChI=1S/C63H108N2O55S7/c1-33-29-38(67)65(56(33)68)21-18-19-37(66)64-20-22-101-23-24-102-25-26-103-27-28-104-39-34(30-105-121(71,72)94-11)109-60(51(88-5)42(39)85-2)113-45-43(86-3)52(89-6)62(115-49(45)57(69)91-8)112-41-36(32-107-123(75,76)96-13)110-63(55(120-127(83,84)100-17)48(41)118-125(79,80)98-15)114-46-44(87-4)53(90-7)61(116-50(46)58(70)92-9)111-40-35(31-106-122(73,74)95-12)108-59(93-10)54(119-126(81,82)99-16)47(40)117-124(77,78)97-14/h33-36,39-55,59-63H,18-32H2,1-17H3,(H,64,66)/t33?,34-,35-,36-,39-,40-,41-,42+,43+,44+,45+,46+,47+,48+,49+,50-,51-,52-,53-,54-,55-,59+,60-,61-,62-,63-/m1/s1. The number of hydrogen-bond acceptors (Lipinski definition) is 55. The molecule has 6 aliphatic heterocycles. The van der Waals surface area contributed by atoms with Crippen molar-refractivity contribution < 1.29 is 246 Å². The van der Waals surface area contributed by atoms with Gasteiger partial charge in [-0.25, -0.2) is 38.9 Å². The second-order valence-corrected chi connectivity index (χ2v) is 36.1. The van der Waals surface area contributed by atoms with Crippen LogP contribution in [0.1, 0.15) is 26.2 Å². The number of rotatable bonds is 58. The number of nitrogens with zero attached hydrogens (tertiary/aromatic N) is 1. The molecule has 0 radical (unpaired) electrons. The van der Waals surface area contributed by atoms with Gasteiger partial charge in [-0.2, -0.15) is 58.9 Å². The smallest absolute Gasteiger partial charge is 0.400 e. The van der Waals surface area contributed by atoms with E-state index in [1.54, 1.807) is 6.92 Å². The lowest BCUT2D eigenvalue weighted by Gasteiger charge is -2.51. The Morgan fingerprint density at radius 3 is 1.02 bits per heavy atom. The third kappa shape index (κ3) is 31.7. The highest BCUT2D eigenvalue weighted by Gasteiger charge is 2.63. The summed E-state index contributed by atoms with van der Waals surface area (Å²) < 4.78 is 384. The van der Waals surface area contributed by atoms with E-state index in [2.05, 4.69) is 34.6 Å². The lowest BCUT2D eigenvalue weighted by molar-refractivity contribution is -0.388. The van der Waals surface area contributed by atoms with Gasteiger partial charge >= 0.3 is 84.7 Å². The van der Waals surface area contributed by atoms with Crippen molar-refractivity contribution in [2.24, 2.45) is 5.92 Å². The highest BCUT2D eigenvalue weighted by atomic mass is 32.3. The van der Waals surface area contributed by atoms with Gasteiger partial charge in [0.2, 0.25) is 17.7 Å². The van der Waals surface area contributed by atoms with Crippen molar-refractivity contribution in [2.45, 2.75) is 180 Å². The monoisotopic (exact) mass is 2000 g/mol. The normalized spacial score (nSPS) is 32.1. The molecule has 742 valence electrons. The average Bonchev–Trinajstić information content (AvgIpc) is 0.947. The predicted octanol–water partition coefficient (Wildman–Crippen LogP) is -7.21. The molecule has 6 rings (SSSR count). The fraction of sp³-hybridized carbons (Fsp3) is 0.921. The summed E-state index contributed by atoms with van der Waals surface area (Å²) >= 11 is 0. The van der Waals surface area contributed by atoms with E-state index < -0.39 is 258 Å². The molecule has 127 heavy (non-hydrogen) atoms. The first-order chi connectivity index (χ1) is 59.9. The molecule has 0 aromatic rings. The first-order valence-electron chi connectivity index (χ1n) is 37.4. The summed E-state index contributed by atoms with van der Waals surface area (Å²) in [6, 6.07) is 0. The molecule has 1 unspecified atom stereocenters. The minimum Gasteiger partial charge on any atom is -0.467 e. The Morgan fingerprint density at radius 2 is 0.669 bits per heavy atom. The van der Waals surface area contributed by atoms with Crippen molar-refractivity contribution in [1.82, 2.24) is 10.2 Å². The van der Waals surface area contributed by atoms with Crippen LogP contribution in [0.3, 0.4) is 0 Å². The molecule has 64 heteroatoms. The summed E-state index contributed by atoms with van der Waals surface area (Å²) in [5, 5.41) is 2.69. The van der Waals surface area contributed by atoms with Gasteiger partial charge in [-0.15, -0.1) is 0 Å². The Bertz CT molecular complexity index is 4290. The molecule has 0 bridgehead atoms. The summed E-state index contributed by atoms with van der Waals surface area (Å²) in [7, 11) is -23.9. The first-order valence-corrected chi connectivity index (χ1v) is 46.7. The van der Waals surface area contributed by atoms with Gasteiger partial charge in [0.15, 0.2) is 55.9 Å². The minimum atomic E-state index is -5.64. The molecule has 6 aliphatic rings. The number of ether oxygens (including phenoxy) is 22. The summed E-state index contributed by atoms with van der Waals surface area (Å²) in [5.41, 5.74) is 0. The van der Waals surface area contributed by atoms with E-state index in [0.717, 1.165) is 68.9 Å². The van der Waals surface area contributed by atoms with Crippen LogP contribution in [-0.2, 0) is 260 Å². The average molecular weight is 2000 g/mol. The molecule has 6 heterocycles. The van der Waals surface area contributed by atoms with Crippen LogP contribution in [0, 0.1) is 5.92 Å². The zero-order valence-corrected chi connectivity index (χ0v) is 77.1. The van der Waals surface area contributed by atoms with Gasteiger partial charge in [-0.1, -0.05) is 6.92 Å². The number of amides is 3. The predicted molar refractivity (Wildman–Crippen MR) is 402 cm³/mol. The molecule has 0 aromatic heterocycles. The third-order valence-electron chi connectivity index (χ3n) is 19.2. The van der Waals surface area contributed by atoms with E-state index >= 15 is 0 Å². The van der Waals surface area contributed by atoms with Gasteiger partial charge in [0.05, 0.1) is 130 Å². The highest BCUT2D eigenvalue weighted by molar-refractivity contribution is 7.83. The van der Waals surface area contributed by atoms with Gasteiger partial charge < -0.3 is 110 Å². The van der Waals surface area contributed by atoms with Gasteiger partial charge in [-0.3, -0.25) is 48.6 Å². The second kappa shape index (κ2) is 51.5. The summed E-state index contributed by atoms with van der Waals surface area (Å²) in [6.45, 7) is -1.56. The van der Waals surface area contributed by atoms with Crippen LogP contribution in [-0.4, -0.2) is 440 Å². The van der Waals surface area contributed by atoms with E-state index in [4.69, 9.17) is 133 Å². The number of methoxy groups -OCH3 is 9. The highest BCUT2D eigenvalue weighted by Crippen LogP contribution is 2.42. The largest absolute Gasteiger partial charge is 0.467 e. The van der Waals surface area contributed by atoms with E-state index in [0.29, 0.717) is 49.1 Å². The number of esters is 2. The maximum atomic E-state index is 14.4. The fourth-order valence-corrected chi connectivity index (χ4v) is 16.7. The topological polar surface area (TPSA) is 672 Å². The molecular weight excluding hydrogens is 1890 g/mol. The Morgan fingerprint density at radius 1 is 0.354 bits per heavy atom. The molecule has 1 N–H and O–H groups in total. The zero-order chi connectivity index (χ0) is 94.7. The molecule has 0 aliphatic carbocycles. The number of imide groups is 1. The Labute approximate surface area is 733 Å². The Balaban J connectivity index is 1.32. The summed E-state index contributed by atoms with van der Waals surface area (Å²) in [5.74, 6) is -4.11. The zero-order valence-electron chi connectivity index (χ0n) is 71.4. The number of likely N-dealkylation sites (tertiary alicyclic amines) is 1. The fourth-order valence-electron chi connectivity index (χ4n) is 13.2. The van der Waals surface area contributed by atoms with Gasteiger partial charge in [0.25, 0.3) is 0 Å². The number of hydrogen-bond donors (Lipinski definition) is 1. The molecule has 57 nitrogen and oxygen atoms in total. The van der Waals surface area contributed by atoms with Crippen LogP contribution in [0.4, 0.5) is 0 Å². The van der Waals surface area contributed by atoms with Crippen LogP contribution in [0.15, 0.2) is 0 Å². The molecule has 0 spiro atoms. The third-order valence-corrected chi connectivity index (χ3v) is 25.2. The Hall–Kier alpha value is -4.16. The lowest BCUT2D eigenvalue weighted by atomic mass is 9.94. The number of nitrogens with one attached hydrogen (secondary N) is 1. The van der Waals surface area contributed by atoms with E-state index in [-0.39, 0.29) is 95.8 Å². The first kappa shape index (κ1) is 112. The maximum Gasteiger partial charge on any atom is 0.400 e. The molecule has 3 amide bonds. The van der Waals surface area contributed by atoms with Crippen LogP contribution in [0.25, 0.3) is 0 Å². The molecule has 6 fully saturated rings. The van der Waals surface area contributed by atoms with Crippen molar-refractivity contribution in [2.75, 3.05) is 193 Å². The Kier molecular flexibility index (Phi) is 45.3. The van der Waals surface area contributed by atoms with E-state index in [9.17, 15) is 82.9 Å². The minimum absolute atomic E-state index is 0.0225. The quantitative estimate of drug-likeness (QED) is 0.0336. The van der Waals surface area contributed by atoms with Crippen LogP contribution in [0.5, 0.6) is 0 Å². The van der Waals surface area contributed by atoms with Crippen molar-refractivity contribution in [3.8, 4) is 0 Å². The van der Waals surface area contributed by atoms with Gasteiger partial charge in [0.1, 0.15) is 97.7 Å². The maximum absolute atomic E-state index is 14.4. The number of carbonyl (C=O) groups is 5. The van der Waals surface area contributed by atoms with Crippen molar-refractivity contribution >= 4 is 102 Å². The summed E-state index contributed by atoms with van der Waals surface area (Å²) in [4.78, 5) is 66.4. The summed E-state index contributed by atoms with van der Waals surface area (Å²) in [6.07, 6.45) is -53.6. The molecular formula is C63H108N2O55S7. The molecule has 0 saturated carbocycles. The van der Waals surface area contributed by atoms with E-state index in [1.807, 2.05) is 0 Å². The van der Waals surface area contributed by atoms with Crippen LogP contribution in [0.2, 0.25) is 0 Å². The van der Waals surface area contributed by atoms with Crippen LogP contribution >= 0.6 is 0 Å². The molecule has 0 aromatic carbocycles. The second-order valence-electron chi connectivity index (χ2n) is 26.6. The van der Waals surface area contributed by atoms with E-state index in [1.165, 1.54) is 7.11 Å². The number of carbonyl (C=O) groups excluding carboxylic acids is 5. The van der Waals surface area contributed by atoms with Crippen molar-refractivity contribution in [3.63, 3.8) is 0 Å². The van der Waals surface area contributed by atoms with Gasteiger partial charge in [0, 0.05) is 81.6 Å². The van der Waals surface area contributed by atoms with Crippen molar-refractivity contribution in [3.05, 3.63) is 0 Å².